The first-order valence-corrected chi connectivity index (χ1v) is 10.0. The third-order valence-corrected chi connectivity index (χ3v) is 5.70. The summed E-state index contributed by atoms with van der Waals surface area (Å²) in [6.07, 6.45) is -1.06. The predicted octanol–water partition coefficient (Wildman–Crippen LogP) is 3.77. The molecule has 6 heteroatoms. The molecule has 3 rings (SSSR count). The quantitative estimate of drug-likeness (QED) is 0.763. The van der Waals surface area contributed by atoms with E-state index in [2.05, 4.69) is 16.7 Å². The summed E-state index contributed by atoms with van der Waals surface area (Å²) in [5, 5.41) is 22.3. The Morgan fingerprint density at radius 2 is 1.33 bits per heavy atom. The molecule has 2 aromatic carbocycles. The number of rotatable bonds is 6. The minimum absolute atomic E-state index is 0.304. The van der Waals surface area contributed by atoms with Crippen LogP contribution in [0.4, 0.5) is 0 Å². The van der Waals surface area contributed by atoms with Gasteiger partial charge in [-0.1, -0.05) is 47.5 Å². The molecule has 0 spiro atoms. The lowest BCUT2D eigenvalue weighted by Crippen LogP contribution is -2.53. The van der Waals surface area contributed by atoms with Crippen LogP contribution in [0.15, 0.2) is 48.5 Å². The highest BCUT2D eigenvalue weighted by Gasteiger charge is 2.27. The van der Waals surface area contributed by atoms with Gasteiger partial charge in [0.05, 0.1) is 12.2 Å². The van der Waals surface area contributed by atoms with Gasteiger partial charge in [0.1, 0.15) is 0 Å². The van der Waals surface area contributed by atoms with E-state index in [-0.39, 0.29) is 0 Å². The van der Waals surface area contributed by atoms with Crippen molar-refractivity contribution in [3.63, 3.8) is 0 Å². The van der Waals surface area contributed by atoms with Gasteiger partial charge in [-0.3, -0.25) is 9.80 Å². The Bertz CT molecular complexity index is 724. The highest BCUT2D eigenvalue weighted by atomic mass is 35.5. The van der Waals surface area contributed by atoms with Crippen molar-refractivity contribution < 1.29 is 10.2 Å². The molecule has 27 heavy (non-hydrogen) atoms. The van der Waals surface area contributed by atoms with Gasteiger partial charge in [0.15, 0.2) is 0 Å². The summed E-state index contributed by atoms with van der Waals surface area (Å²) >= 11 is 11.8. The molecule has 4 nitrogen and oxygen atoms in total. The smallest absolute Gasteiger partial charge is 0.0917 e. The fraction of sp³-hybridized carbons (Fsp3) is 0.429. The van der Waals surface area contributed by atoms with Crippen LogP contribution in [0, 0.1) is 0 Å². The maximum atomic E-state index is 10.5. The van der Waals surface area contributed by atoms with Crippen LogP contribution in [0.5, 0.6) is 0 Å². The van der Waals surface area contributed by atoms with E-state index in [9.17, 15) is 10.2 Å². The third-order valence-electron chi connectivity index (χ3n) is 5.20. The van der Waals surface area contributed by atoms with E-state index in [0.29, 0.717) is 29.2 Å². The second-order valence-corrected chi connectivity index (χ2v) is 8.11. The molecule has 0 saturated carbocycles. The second kappa shape index (κ2) is 9.37. The summed E-state index contributed by atoms with van der Waals surface area (Å²) in [5.41, 5.74) is 1.76. The topological polar surface area (TPSA) is 46.9 Å². The monoisotopic (exact) mass is 408 g/mol. The standard InChI is InChI=1S/C21H26Cl2N2O2/c1-15-12-24(13-20(26)16-2-6-18(22)7-3-16)10-11-25(15)14-21(27)17-4-8-19(23)9-5-17/h2-9,15,20-21,26-27H,10-14H2,1H3/t15-,20+,21+/m1/s1. The fourth-order valence-corrected chi connectivity index (χ4v) is 3.81. The molecular formula is C21H26Cl2N2O2. The zero-order valence-corrected chi connectivity index (χ0v) is 16.9. The number of halogens is 2. The molecule has 1 aliphatic heterocycles. The van der Waals surface area contributed by atoms with E-state index >= 15 is 0 Å². The lowest BCUT2D eigenvalue weighted by atomic mass is 10.1. The van der Waals surface area contributed by atoms with Gasteiger partial charge in [0.2, 0.25) is 0 Å². The molecule has 146 valence electrons. The molecule has 1 aliphatic rings. The van der Waals surface area contributed by atoms with Crippen LogP contribution < -0.4 is 0 Å². The van der Waals surface area contributed by atoms with Gasteiger partial charge >= 0.3 is 0 Å². The van der Waals surface area contributed by atoms with E-state index in [1.807, 2.05) is 24.3 Å². The molecule has 0 unspecified atom stereocenters. The van der Waals surface area contributed by atoms with Gasteiger partial charge in [-0.2, -0.15) is 0 Å². The third kappa shape index (κ3) is 5.67. The molecular weight excluding hydrogens is 383 g/mol. The Labute approximate surface area is 170 Å². The Balaban J connectivity index is 1.51. The largest absolute Gasteiger partial charge is 0.387 e. The minimum atomic E-state index is -0.532. The number of β-amino-alcohol motifs (C(OH)–C–C–N with tert-alkyl or cyclic N) is 2. The molecule has 2 aromatic rings. The van der Waals surface area contributed by atoms with Crippen molar-refractivity contribution in [1.29, 1.82) is 0 Å². The first-order chi connectivity index (χ1) is 12.9. The molecule has 0 bridgehead atoms. The average Bonchev–Trinajstić information content (AvgIpc) is 2.65. The number of nitrogens with zero attached hydrogens (tertiary/aromatic N) is 2. The summed E-state index contributed by atoms with van der Waals surface area (Å²) in [4.78, 5) is 4.57. The van der Waals surface area contributed by atoms with Crippen LogP contribution >= 0.6 is 23.2 Å². The zero-order valence-electron chi connectivity index (χ0n) is 15.4. The Morgan fingerprint density at radius 3 is 1.81 bits per heavy atom. The van der Waals surface area contributed by atoms with Crippen molar-refractivity contribution in [2.45, 2.75) is 25.2 Å². The van der Waals surface area contributed by atoms with Crippen molar-refractivity contribution in [2.24, 2.45) is 0 Å². The SMILES string of the molecule is C[C@@H]1CN(C[C@H](O)c2ccc(Cl)cc2)CCN1C[C@H](O)c1ccc(Cl)cc1. The van der Waals surface area contributed by atoms with Crippen molar-refractivity contribution in [3.05, 3.63) is 69.7 Å². The molecule has 1 saturated heterocycles. The van der Waals surface area contributed by atoms with Crippen LogP contribution in [0.3, 0.4) is 0 Å². The van der Waals surface area contributed by atoms with Crippen LogP contribution in [0.25, 0.3) is 0 Å². The van der Waals surface area contributed by atoms with Crippen molar-refractivity contribution in [3.8, 4) is 0 Å². The van der Waals surface area contributed by atoms with Gasteiger partial charge in [0.25, 0.3) is 0 Å². The van der Waals surface area contributed by atoms with Crippen molar-refractivity contribution >= 4 is 23.2 Å². The maximum absolute atomic E-state index is 10.5. The molecule has 3 atom stereocenters. The van der Waals surface area contributed by atoms with E-state index in [0.717, 1.165) is 30.8 Å². The van der Waals surface area contributed by atoms with Gasteiger partial charge < -0.3 is 10.2 Å². The summed E-state index contributed by atoms with van der Waals surface area (Å²) in [6, 6.07) is 15.0. The predicted molar refractivity (Wildman–Crippen MR) is 110 cm³/mol. The Hall–Kier alpha value is -1.14. The molecule has 0 aliphatic carbocycles. The van der Waals surface area contributed by atoms with E-state index in [1.165, 1.54) is 0 Å². The van der Waals surface area contributed by atoms with Gasteiger partial charge in [0, 0.05) is 48.8 Å². The molecule has 2 N–H and O–H groups in total. The first kappa shape index (κ1) is 20.6. The van der Waals surface area contributed by atoms with E-state index in [1.54, 1.807) is 24.3 Å². The molecule has 1 heterocycles. The average molecular weight is 409 g/mol. The minimum Gasteiger partial charge on any atom is -0.387 e. The molecule has 0 amide bonds. The number of benzene rings is 2. The number of hydrogen-bond acceptors (Lipinski definition) is 4. The second-order valence-electron chi connectivity index (χ2n) is 7.24. The first-order valence-electron chi connectivity index (χ1n) is 9.26. The maximum Gasteiger partial charge on any atom is 0.0917 e. The summed E-state index contributed by atoms with van der Waals surface area (Å²) in [6.45, 7) is 5.94. The number of aliphatic hydroxyl groups excluding tert-OH is 2. The summed E-state index contributed by atoms with van der Waals surface area (Å²) in [7, 11) is 0. The molecule has 1 fully saturated rings. The summed E-state index contributed by atoms with van der Waals surface area (Å²) < 4.78 is 0. The Kier molecular flexibility index (Phi) is 7.15. The van der Waals surface area contributed by atoms with Crippen molar-refractivity contribution in [1.82, 2.24) is 9.80 Å². The number of aliphatic hydroxyl groups is 2. The summed E-state index contributed by atoms with van der Waals surface area (Å²) in [5.74, 6) is 0. The number of piperazine rings is 1. The number of hydrogen-bond donors (Lipinski definition) is 2. The highest BCUT2D eigenvalue weighted by Crippen LogP contribution is 2.22. The van der Waals surface area contributed by atoms with Gasteiger partial charge in [-0.25, -0.2) is 0 Å². The lowest BCUT2D eigenvalue weighted by Gasteiger charge is -2.41. The molecule has 0 radical (unpaired) electrons. The van der Waals surface area contributed by atoms with Crippen molar-refractivity contribution in [2.75, 3.05) is 32.7 Å². The van der Waals surface area contributed by atoms with Crippen LogP contribution in [0.1, 0.15) is 30.3 Å². The molecule has 0 aromatic heterocycles. The van der Waals surface area contributed by atoms with E-state index < -0.39 is 12.2 Å². The van der Waals surface area contributed by atoms with Gasteiger partial charge in [-0.15, -0.1) is 0 Å². The van der Waals surface area contributed by atoms with Crippen LogP contribution in [-0.4, -0.2) is 58.8 Å². The van der Waals surface area contributed by atoms with Crippen LogP contribution in [-0.2, 0) is 0 Å². The van der Waals surface area contributed by atoms with E-state index in [4.69, 9.17) is 23.2 Å². The zero-order chi connectivity index (χ0) is 19.4. The Morgan fingerprint density at radius 1 is 0.852 bits per heavy atom. The lowest BCUT2D eigenvalue weighted by molar-refractivity contribution is 0.0199. The fourth-order valence-electron chi connectivity index (χ4n) is 3.56. The van der Waals surface area contributed by atoms with Gasteiger partial charge in [-0.05, 0) is 42.3 Å². The highest BCUT2D eigenvalue weighted by molar-refractivity contribution is 6.30. The normalized spacial score (nSPS) is 21.1. The van der Waals surface area contributed by atoms with Crippen LogP contribution in [0.2, 0.25) is 10.0 Å².